The van der Waals surface area contributed by atoms with Crippen LogP contribution in [0, 0.1) is 11.8 Å². The van der Waals surface area contributed by atoms with Crippen LogP contribution >= 0.6 is 0 Å². The van der Waals surface area contributed by atoms with E-state index in [0.29, 0.717) is 24.9 Å². The summed E-state index contributed by atoms with van der Waals surface area (Å²) in [5, 5.41) is 0. The Morgan fingerprint density at radius 3 is 2.71 bits per heavy atom. The summed E-state index contributed by atoms with van der Waals surface area (Å²) in [7, 11) is 3.31. The number of methoxy groups -OCH3 is 2. The highest BCUT2D eigenvalue weighted by Crippen LogP contribution is 2.45. The van der Waals surface area contributed by atoms with Gasteiger partial charge in [-0.25, -0.2) is 4.98 Å². The molecule has 7 nitrogen and oxygen atoms in total. The molecule has 0 saturated carbocycles. The molecule has 2 fully saturated rings. The van der Waals surface area contributed by atoms with Crippen LogP contribution in [0.25, 0.3) is 0 Å². The smallest absolute Gasteiger partial charge is 0.225 e. The van der Waals surface area contributed by atoms with Gasteiger partial charge in [-0.2, -0.15) is 0 Å². The number of H-pyrrole nitrogens is 1. The largest absolute Gasteiger partial charge is 0.497 e. The van der Waals surface area contributed by atoms with Crippen molar-refractivity contribution in [1.82, 2.24) is 19.8 Å². The molecule has 2 aliphatic rings. The van der Waals surface area contributed by atoms with Gasteiger partial charge in [0.25, 0.3) is 0 Å². The maximum absolute atomic E-state index is 12.9. The van der Waals surface area contributed by atoms with Crippen molar-refractivity contribution in [3.8, 4) is 5.75 Å². The molecule has 3 atom stereocenters. The molecule has 1 aromatic heterocycles. The van der Waals surface area contributed by atoms with E-state index in [1.807, 2.05) is 18.3 Å². The minimum absolute atomic E-state index is 0.0989. The summed E-state index contributed by atoms with van der Waals surface area (Å²) in [4.78, 5) is 24.9. The van der Waals surface area contributed by atoms with Gasteiger partial charge in [0, 0.05) is 45.1 Å². The molecular weight excluding hydrogens is 356 g/mol. The zero-order valence-electron chi connectivity index (χ0n) is 16.5. The van der Waals surface area contributed by atoms with Crippen molar-refractivity contribution in [3.05, 3.63) is 48.0 Å². The third-order valence-electron chi connectivity index (χ3n) is 5.97. The van der Waals surface area contributed by atoms with E-state index in [-0.39, 0.29) is 11.9 Å². The Hall–Kier alpha value is -2.38. The average molecular weight is 384 g/mol. The number of ether oxygens (including phenoxy) is 2. The summed E-state index contributed by atoms with van der Waals surface area (Å²) in [5.74, 6) is 2.91. The fourth-order valence-corrected chi connectivity index (χ4v) is 4.68. The van der Waals surface area contributed by atoms with Gasteiger partial charge >= 0.3 is 0 Å². The number of hydrogen-bond acceptors (Lipinski definition) is 5. The number of carbonyl (C=O) groups excluding carboxylic acids is 1. The molecule has 3 heterocycles. The first-order valence-electron chi connectivity index (χ1n) is 9.82. The highest BCUT2D eigenvalue weighted by molar-refractivity contribution is 5.77. The van der Waals surface area contributed by atoms with Crippen molar-refractivity contribution in [2.45, 2.75) is 19.0 Å². The van der Waals surface area contributed by atoms with Gasteiger partial charge in [-0.05, 0) is 23.6 Å². The van der Waals surface area contributed by atoms with Gasteiger partial charge in [-0.1, -0.05) is 12.1 Å². The molecule has 1 N–H and O–H groups in total. The van der Waals surface area contributed by atoms with E-state index in [2.05, 4.69) is 31.9 Å². The SMILES string of the molecule is COCCC(=O)N1C[C@@H]2CN(Cc3ncc[nH]3)C[C@@H]2[C@@H]1c1ccc(OC)cc1. The molecule has 150 valence electrons. The Bertz CT molecular complexity index is 777. The van der Waals surface area contributed by atoms with Crippen LogP contribution in [0.3, 0.4) is 0 Å². The summed E-state index contributed by atoms with van der Waals surface area (Å²) in [6, 6.07) is 8.25. The molecule has 7 heteroatoms. The predicted molar refractivity (Wildman–Crippen MR) is 105 cm³/mol. The molecule has 1 amide bonds. The Balaban J connectivity index is 1.54. The lowest BCUT2D eigenvalue weighted by molar-refractivity contribution is -0.133. The summed E-state index contributed by atoms with van der Waals surface area (Å²) in [5.41, 5.74) is 1.18. The quantitative estimate of drug-likeness (QED) is 0.792. The van der Waals surface area contributed by atoms with Gasteiger partial charge in [0.15, 0.2) is 0 Å². The molecule has 2 aromatic rings. The number of fused-ring (bicyclic) bond motifs is 1. The maximum Gasteiger partial charge on any atom is 0.225 e. The molecule has 28 heavy (non-hydrogen) atoms. The van der Waals surface area contributed by atoms with Crippen LogP contribution in [-0.2, 0) is 16.1 Å². The Kier molecular flexibility index (Phi) is 5.64. The third-order valence-corrected chi connectivity index (χ3v) is 5.97. The highest BCUT2D eigenvalue weighted by Gasteiger charge is 2.48. The van der Waals surface area contributed by atoms with Crippen molar-refractivity contribution in [2.75, 3.05) is 40.5 Å². The number of hydrogen-bond donors (Lipinski definition) is 1. The van der Waals surface area contributed by atoms with E-state index < -0.39 is 0 Å². The maximum atomic E-state index is 12.9. The normalized spacial score (nSPS) is 24.5. The predicted octanol–water partition coefficient (Wildman–Crippen LogP) is 2.09. The van der Waals surface area contributed by atoms with Crippen LogP contribution in [0.5, 0.6) is 5.75 Å². The molecule has 1 aromatic carbocycles. The number of carbonyl (C=O) groups is 1. The van der Waals surface area contributed by atoms with E-state index in [4.69, 9.17) is 9.47 Å². The number of aromatic nitrogens is 2. The summed E-state index contributed by atoms with van der Waals surface area (Å²) < 4.78 is 10.4. The molecule has 2 aliphatic heterocycles. The van der Waals surface area contributed by atoms with E-state index in [0.717, 1.165) is 37.8 Å². The zero-order valence-corrected chi connectivity index (χ0v) is 16.5. The number of amides is 1. The standard InChI is InChI=1S/C21H28N4O3/c1-27-10-7-20(26)25-12-16-11-24(14-19-22-8-9-23-19)13-18(16)21(25)15-3-5-17(28-2)6-4-15/h3-6,8-9,16,18,21H,7,10-14H2,1-2H3,(H,22,23)/t16-,18-,21-/m0/s1. The lowest BCUT2D eigenvalue weighted by Gasteiger charge is -2.30. The van der Waals surface area contributed by atoms with Crippen LogP contribution in [0.15, 0.2) is 36.7 Å². The molecular formula is C21H28N4O3. The number of aromatic amines is 1. The Morgan fingerprint density at radius 2 is 2.04 bits per heavy atom. The minimum Gasteiger partial charge on any atom is -0.497 e. The molecule has 0 spiro atoms. The van der Waals surface area contributed by atoms with Crippen molar-refractivity contribution in [1.29, 1.82) is 0 Å². The van der Waals surface area contributed by atoms with Gasteiger partial charge in [0.1, 0.15) is 11.6 Å². The number of rotatable bonds is 7. The van der Waals surface area contributed by atoms with Crippen molar-refractivity contribution in [3.63, 3.8) is 0 Å². The summed E-state index contributed by atoms with van der Waals surface area (Å²) in [6.07, 6.45) is 4.09. The van der Waals surface area contributed by atoms with Crippen LogP contribution in [0.2, 0.25) is 0 Å². The molecule has 2 saturated heterocycles. The second-order valence-electron chi connectivity index (χ2n) is 7.66. The lowest BCUT2D eigenvalue weighted by atomic mass is 9.89. The van der Waals surface area contributed by atoms with Crippen LogP contribution in [-0.4, -0.2) is 66.1 Å². The number of imidazole rings is 1. The van der Waals surface area contributed by atoms with E-state index in [9.17, 15) is 4.79 Å². The first-order chi connectivity index (χ1) is 13.7. The van der Waals surface area contributed by atoms with E-state index >= 15 is 0 Å². The topological polar surface area (TPSA) is 70.7 Å². The number of benzene rings is 1. The van der Waals surface area contributed by atoms with Gasteiger partial charge in [0.05, 0.1) is 32.7 Å². The first kappa shape index (κ1) is 19.0. The Labute approximate surface area is 165 Å². The first-order valence-corrected chi connectivity index (χ1v) is 9.82. The highest BCUT2D eigenvalue weighted by atomic mass is 16.5. The number of nitrogens with zero attached hydrogens (tertiary/aromatic N) is 3. The van der Waals surface area contributed by atoms with Crippen LogP contribution < -0.4 is 4.74 Å². The summed E-state index contributed by atoms with van der Waals surface area (Å²) >= 11 is 0. The average Bonchev–Trinajstić information content (AvgIpc) is 3.43. The van der Waals surface area contributed by atoms with Crippen LogP contribution in [0.4, 0.5) is 0 Å². The van der Waals surface area contributed by atoms with Crippen LogP contribution in [0.1, 0.15) is 23.9 Å². The fraction of sp³-hybridized carbons (Fsp3) is 0.524. The van der Waals surface area contributed by atoms with Crippen molar-refractivity contribution in [2.24, 2.45) is 11.8 Å². The third kappa shape index (κ3) is 3.77. The second-order valence-corrected chi connectivity index (χ2v) is 7.66. The van der Waals surface area contributed by atoms with E-state index in [1.165, 1.54) is 5.56 Å². The van der Waals surface area contributed by atoms with Crippen molar-refractivity contribution >= 4 is 5.91 Å². The molecule has 4 rings (SSSR count). The van der Waals surface area contributed by atoms with Gasteiger partial charge in [0.2, 0.25) is 5.91 Å². The lowest BCUT2D eigenvalue weighted by Crippen LogP contribution is -2.36. The summed E-state index contributed by atoms with van der Waals surface area (Å²) in [6.45, 7) is 4.05. The van der Waals surface area contributed by atoms with Gasteiger partial charge < -0.3 is 19.4 Å². The minimum atomic E-state index is 0.0989. The molecule has 0 bridgehead atoms. The fourth-order valence-electron chi connectivity index (χ4n) is 4.68. The Morgan fingerprint density at radius 1 is 1.21 bits per heavy atom. The van der Waals surface area contributed by atoms with E-state index in [1.54, 1.807) is 20.4 Å². The molecule has 0 unspecified atom stereocenters. The van der Waals surface area contributed by atoms with Crippen molar-refractivity contribution < 1.29 is 14.3 Å². The van der Waals surface area contributed by atoms with Gasteiger partial charge in [-0.3, -0.25) is 9.69 Å². The molecule has 0 radical (unpaired) electrons. The monoisotopic (exact) mass is 384 g/mol. The second kappa shape index (κ2) is 8.32. The van der Waals surface area contributed by atoms with Gasteiger partial charge in [-0.15, -0.1) is 0 Å². The zero-order chi connectivity index (χ0) is 19.5. The number of nitrogens with one attached hydrogen (secondary N) is 1. The molecule has 0 aliphatic carbocycles. The number of likely N-dealkylation sites (tertiary alicyclic amines) is 2.